The summed E-state index contributed by atoms with van der Waals surface area (Å²) < 4.78 is 5.18. The number of benzene rings is 1. The number of hydrogen-bond acceptors (Lipinski definition) is 4. The minimum Gasteiger partial charge on any atom is -0.354 e. The molecule has 0 fully saturated rings. The fourth-order valence-corrected chi connectivity index (χ4v) is 3.00. The molecule has 1 aromatic carbocycles. The highest BCUT2D eigenvalue weighted by molar-refractivity contribution is 5.76. The number of hydrogen-bond donors (Lipinski definition) is 1. The van der Waals surface area contributed by atoms with Crippen LogP contribution in [0, 0.1) is 0 Å². The first-order valence-electron chi connectivity index (χ1n) is 8.95. The lowest BCUT2D eigenvalue weighted by Gasteiger charge is -2.29. The summed E-state index contributed by atoms with van der Waals surface area (Å²) in [5, 5.41) is 7.00. The maximum absolute atomic E-state index is 12.2. The molecule has 1 heterocycles. The van der Waals surface area contributed by atoms with Crippen LogP contribution in [-0.2, 0) is 16.6 Å². The molecule has 136 valence electrons. The predicted molar refractivity (Wildman–Crippen MR) is 98.4 cm³/mol. The smallest absolute Gasteiger partial charge is 0.227 e. The van der Waals surface area contributed by atoms with E-state index < -0.39 is 0 Å². The number of amides is 1. The van der Waals surface area contributed by atoms with E-state index in [1.165, 1.54) is 5.56 Å². The molecule has 0 aliphatic rings. The average Bonchev–Trinajstić information content (AvgIpc) is 3.02. The van der Waals surface area contributed by atoms with E-state index in [4.69, 9.17) is 4.52 Å². The van der Waals surface area contributed by atoms with Crippen LogP contribution in [0.25, 0.3) is 0 Å². The van der Waals surface area contributed by atoms with Crippen LogP contribution in [0.2, 0.25) is 0 Å². The Morgan fingerprint density at radius 2 is 1.88 bits per heavy atom. The quantitative estimate of drug-likeness (QED) is 0.786. The van der Waals surface area contributed by atoms with Gasteiger partial charge in [-0.15, -0.1) is 0 Å². The highest BCUT2D eigenvalue weighted by Gasteiger charge is 2.24. The van der Waals surface area contributed by atoms with Gasteiger partial charge in [-0.05, 0) is 24.3 Å². The Morgan fingerprint density at radius 1 is 1.20 bits per heavy atom. The lowest BCUT2D eigenvalue weighted by Crippen LogP contribution is -2.37. The highest BCUT2D eigenvalue weighted by Crippen LogP contribution is 2.28. The van der Waals surface area contributed by atoms with Crippen molar-refractivity contribution in [3.8, 4) is 0 Å². The molecule has 0 aliphatic carbocycles. The van der Waals surface area contributed by atoms with Crippen LogP contribution < -0.4 is 5.32 Å². The van der Waals surface area contributed by atoms with E-state index in [1.807, 2.05) is 26.8 Å². The molecular weight excluding hydrogens is 314 g/mol. The first-order valence-corrected chi connectivity index (χ1v) is 8.95. The van der Waals surface area contributed by atoms with Crippen LogP contribution in [-0.4, -0.2) is 22.1 Å². The summed E-state index contributed by atoms with van der Waals surface area (Å²) in [5.74, 6) is 1.46. The Bertz CT molecular complexity index is 677. The van der Waals surface area contributed by atoms with Gasteiger partial charge in [0.25, 0.3) is 0 Å². The van der Waals surface area contributed by atoms with Crippen molar-refractivity contribution in [3.05, 3.63) is 47.6 Å². The van der Waals surface area contributed by atoms with Gasteiger partial charge in [0.15, 0.2) is 5.82 Å². The van der Waals surface area contributed by atoms with Crippen molar-refractivity contribution in [2.24, 2.45) is 0 Å². The standard InChI is InChI=1S/C20H29N3O2/c1-14(2)19-22-18(25-23-19)12-11-17(24)21-15(3)13-20(4,5)16-9-7-6-8-10-16/h6-10,14-15H,11-13H2,1-5H3,(H,21,24)/t15-/m0/s1. The first kappa shape index (κ1) is 19.2. The van der Waals surface area contributed by atoms with Gasteiger partial charge in [-0.2, -0.15) is 4.98 Å². The van der Waals surface area contributed by atoms with Gasteiger partial charge >= 0.3 is 0 Å². The fraction of sp³-hybridized carbons (Fsp3) is 0.550. The maximum Gasteiger partial charge on any atom is 0.227 e. The molecular formula is C20H29N3O2. The number of carbonyl (C=O) groups is 1. The third-order valence-electron chi connectivity index (χ3n) is 4.35. The number of nitrogens with zero attached hydrogens (tertiary/aromatic N) is 2. The third kappa shape index (κ3) is 5.69. The van der Waals surface area contributed by atoms with E-state index in [0.717, 1.165) is 6.42 Å². The number of carbonyl (C=O) groups excluding carboxylic acids is 1. The van der Waals surface area contributed by atoms with E-state index in [0.29, 0.717) is 24.6 Å². The van der Waals surface area contributed by atoms with Crippen molar-refractivity contribution in [1.82, 2.24) is 15.5 Å². The molecule has 2 aromatic rings. The Kier molecular flexibility index (Phi) is 6.34. The van der Waals surface area contributed by atoms with Crippen LogP contribution in [0.4, 0.5) is 0 Å². The Morgan fingerprint density at radius 3 is 2.48 bits per heavy atom. The van der Waals surface area contributed by atoms with Gasteiger partial charge in [-0.25, -0.2) is 0 Å². The third-order valence-corrected chi connectivity index (χ3v) is 4.35. The molecule has 5 heteroatoms. The van der Waals surface area contributed by atoms with Crippen LogP contribution in [0.1, 0.15) is 70.7 Å². The molecule has 25 heavy (non-hydrogen) atoms. The molecule has 0 spiro atoms. The van der Waals surface area contributed by atoms with Gasteiger partial charge < -0.3 is 9.84 Å². The zero-order valence-corrected chi connectivity index (χ0v) is 15.9. The Balaban J connectivity index is 1.81. The van der Waals surface area contributed by atoms with Gasteiger partial charge in [0.1, 0.15) is 0 Å². The maximum atomic E-state index is 12.2. The molecule has 2 rings (SSSR count). The number of aryl methyl sites for hydroxylation is 1. The molecule has 0 saturated heterocycles. The molecule has 1 atom stereocenters. The van der Waals surface area contributed by atoms with Crippen molar-refractivity contribution < 1.29 is 9.32 Å². The zero-order valence-electron chi connectivity index (χ0n) is 15.9. The molecule has 0 aliphatic heterocycles. The van der Waals surface area contributed by atoms with E-state index in [-0.39, 0.29) is 23.3 Å². The second kappa shape index (κ2) is 8.28. The van der Waals surface area contributed by atoms with E-state index >= 15 is 0 Å². The van der Waals surface area contributed by atoms with Gasteiger partial charge in [-0.3, -0.25) is 4.79 Å². The number of aromatic nitrogens is 2. The van der Waals surface area contributed by atoms with Gasteiger partial charge in [-0.1, -0.05) is 63.2 Å². The summed E-state index contributed by atoms with van der Waals surface area (Å²) >= 11 is 0. The predicted octanol–water partition coefficient (Wildman–Crippen LogP) is 4.00. The summed E-state index contributed by atoms with van der Waals surface area (Å²) in [6.45, 7) is 10.5. The first-order chi connectivity index (χ1) is 11.8. The number of nitrogens with one attached hydrogen (secondary N) is 1. The van der Waals surface area contributed by atoms with Crippen molar-refractivity contribution in [1.29, 1.82) is 0 Å². The second-order valence-electron chi connectivity index (χ2n) is 7.62. The fourth-order valence-electron chi connectivity index (χ4n) is 3.00. The number of rotatable bonds is 8. The average molecular weight is 343 g/mol. The normalized spacial score (nSPS) is 13.0. The van der Waals surface area contributed by atoms with Gasteiger partial charge in [0.2, 0.25) is 11.8 Å². The topological polar surface area (TPSA) is 68.0 Å². The zero-order chi connectivity index (χ0) is 18.4. The van der Waals surface area contributed by atoms with Crippen molar-refractivity contribution in [3.63, 3.8) is 0 Å². The molecule has 1 amide bonds. The lowest BCUT2D eigenvalue weighted by molar-refractivity contribution is -0.121. The molecule has 0 radical (unpaired) electrons. The second-order valence-corrected chi connectivity index (χ2v) is 7.62. The summed E-state index contributed by atoms with van der Waals surface area (Å²) in [6.07, 6.45) is 1.71. The van der Waals surface area contributed by atoms with Crippen molar-refractivity contribution in [2.75, 3.05) is 0 Å². The van der Waals surface area contributed by atoms with Crippen LogP contribution in [0.5, 0.6) is 0 Å². The van der Waals surface area contributed by atoms with E-state index in [9.17, 15) is 4.79 Å². The van der Waals surface area contributed by atoms with E-state index in [1.54, 1.807) is 0 Å². The summed E-state index contributed by atoms with van der Waals surface area (Å²) in [7, 11) is 0. The van der Waals surface area contributed by atoms with Gasteiger partial charge in [0, 0.05) is 24.8 Å². The van der Waals surface area contributed by atoms with Crippen molar-refractivity contribution >= 4 is 5.91 Å². The van der Waals surface area contributed by atoms with Crippen molar-refractivity contribution in [2.45, 2.75) is 71.3 Å². The Hall–Kier alpha value is -2.17. The molecule has 0 unspecified atom stereocenters. The highest BCUT2D eigenvalue weighted by atomic mass is 16.5. The summed E-state index contributed by atoms with van der Waals surface area (Å²) in [4.78, 5) is 16.5. The van der Waals surface area contributed by atoms with Crippen LogP contribution in [0.3, 0.4) is 0 Å². The van der Waals surface area contributed by atoms with Gasteiger partial charge in [0.05, 0.1) is 0 Å². The largest absolute Gasteiger partial charge is 0.354 e. The molecule has 1 N–H and O–H groups in total. The SMILES string of the molecule is CC(C)c1noc(CCC(=O)N[C@@H](C)CC(C)(C)c2ccccc2)n1. The molecule has 0 bridgehead atoms. The minimum atomic E-state index is 0.00656. The monoisotopic (exact) mass is 343 g/mol. The molecule has 0 saturated carbocycles. The summed E-state index contributed by atoms with van der Waals surface area (Å²) in [6, 6.07) is 10.5. The van der Waals surface area contributed by atoms with E-state index in [2.05, 4.69) is 53.6 Å². The Labute approximate surface area is 150 Å². The lowest BCUT2D eigenvalue weighted by atomic mass is 9.79. The van der Waals surface area contributed by atoms with Crippen LogP contribution in [0.15, 0.2) is 34.9 Å². The summed E-state index contributed by atoms with van der Waals surface area (Å²) in [5.41, 5.74) is 1.29. The molecule has 5 nitrogen and oxygen atoms in total. The molecule has 1 aromatic heterocycles. The minimum absolute atomic E-state index is 0.00656. The van der Waals surface area contributed by atoms with Crippen LogP contribution >= 0.6 is 0 Å².